The van der Waals surface area contributed by atoms with Crippen LogP contribution in [0.15, 0.2) is 66.7 Å². The van der Waals surface area contributed by atoms with Crippen LogP contribution >= 0.6 is 0 Å². The Balaban J connectivity index is 1.57. The summed E-state index contributed by atoms with van der Waals surface area (Å²) in [7, 11) is 2.01. The van der Waals surface area contributed by atoms with Crippen LogP contribution in [0.2, 0.25) is 0 Å². The van der Waals surface area contributed by atoms with Gasteiger partial charge in [0.15, 0.2) is 0 Å². The number of rotatable bonds is 4. The fourth-order valence-corrected chi connectivity index (χ4v) is 4.67. The van der Waals surface area contributed by atoms with Gasteiger partial charge in [-0.2, -0.15) is 5.26 Å². The minimum absolute atomic E-state index is 0.118. The number of nitrogens with zero attached hydrogens (tertiary/aromatic N) is 5. The second kappa shape index (κ2) is 8.20. The van der Waals surface area contributed by atoms with Gasteiger partial charge in [-0.3, -0.25) is 9.36 Å². The normalized spacial score (nSPS) is 11.1. The summed E-state index contributed by atoms with van der Waals surface area (Å²) < 4.78 is 4.22. The molecule has 3 aromatic carbocycles. The molecule has 0 bridgehead atoms. The number of nitriles is 1. The van der Waals surface area contributed by atoms with E-state index >= 15 is 0 Å². The molecule has 2 heterocycles. The molecule has 0 saturated carbocycles. The van der Waals surface area contributed by atoms with Gasteiger partial charge in [0.1, 0.15) is 6.07 Å². The summed E-state index contributed by atoms with van der Waals surface area (Å²) in [5, 5.41) is 11.7. The molecular formula is C28H25N5O. The third kappa shape index (κ3) is 3.43. The van der Waals surface area contributed by atoms with E-state index in [1.807, 2.05) is 61.6 Å². The Morgan fingerprint density at radius 2 is 1.76 bits per heavy atom. The van der Waals surface area contributed by atoms with E-state index in [-0.39, 0.29) is 5.91 Å². The molecule has 0 aliphatic rings. The first-order valence-electron chi connectivity index (χ1n) is 11.2. The zero-order valence-electron chi connectivity index (χ0n) is 19.7. The number of hydrogen-bond acceptors (Lipinski definition) is 3. The fourth-order valence-electron chi connectivity index (χ4n) is 4.67. The van der Waals surface area contributed by atoms with E-state index in [0.29, 0.717) is 17.8 Å². The summed E-state index contributed by atoms with van der Waals surface area (Å²) in [5.41, 5.74) is 6.21. The van der Waals surface area contributed by atoms with Crippen LogP contribution in [0.25, 0.3) is 27.8 Å². The minimum Gasteiger partial charge on any atom is -0.313 e. The van der Waals surface area contributed by atoms with Gasteiger partial charge in [0.25, 0.3) is 0 Å². The highest BCUT2D eigenvalue weighted by atomic mass is 16.2. The maximum atomic E-state index is 12.7. The molecule has 34 heavy (non-hydrogen) atoms. The Morgan fingerprint density at radius 3 is 2.47 bits per heavy atom. The van der Waals surface area contributed by atoms with E-state index < -0.39 is 0 Å². The van der Waals surface area contributed by atoms with Crippen molar-refractivity contribution in [1.82, 2.24) is 14.1 Å². The number of amides is 1. The molecule has 0 fully saturated rings. The van der Waals surface area contributed by atoms with Crippen LogP contribution in [0.1, 0.15) is 29.4 Å². The van der Waals surface area contributed by atoms with Crippen molar-refractivity contribution in [2.75, 3.05) is 4.90 Å². The number of imidazole rings is 1. The van der Waals surface area contributed by atoms with E-state index in [2.05, 4.69) is 41.2 Å². The predicted molar refractivity (Wildman–Crippen MR) is 135 cm³/mol. The molecule has 0 aliphatic carbocycles. The van der Waals surface area contributed by atoms with E-state index in [0.717, 1.165) is 44.7 Å². The van der Waals surface area contributed by atoms with Crippen molar-refractivity contribution >= 4 is 33.4 Å². The molecule has 6 heteroatoms. The van der Waals surface area contributed by atoms with Gasteiger partial charge in [0.2, 0.25) is 11.9 Å². The van der Waals surface area contributed by atoms with Crippen molar-refractivity contribution < 1.29 is 4.79 Å². The van der Waals surface area contributed by atoms with Crippen molar-refractivity contribution in [2.24, 2.45) is 7.05 Å². The second-order valence-corrected chi connectivity index (χ2v) is 8.64. The van der Waals surface area contributed by atoms with E-state index in [9.17, 15) is 10.1 Å². The van der Waals surface area contributed by atoms with Crippen molar-refractivity contribution in [3.63, 3.8) is 0 Å². The van der Waals surface area contributed by atoms with Crippen LogP contribution in [0, 0.1) is 25.2 Å². The Hall–Kier alpha value is -4.37. The average Bonchev–Trinajstić information content (AvgIpc) is 3.33. The Labute approximate surface area is 198 Å². The topological polar surface area (TPSA) is 66.8 Å². The first-order valence-corrected chi connectivity index (χ1v) is 11.2. The van der Waals surface area contributed by atoms with Crippen LogP contribution in [0.3, 0.4) is 0 Å². The van der Waals surface area contributed by atoms with Gasteiger partial charge in [-0.05, 0) is 55.1 Å². The molecule has 1 amide bonds. The molecule has 5 aromatic rings. The molecule has 168 valence electrons. The monoisotopic (exact) mass is 447 g/mol. The smallest absolute Gasteiger partial charge is 0.224 e. The molecule has 0 spiro atoms. The minimum atomic E-state index is -0.118. The lowest BCUT2D eigenvalue weighted by Gasteiger charge is -2.23. The first kappa shape index (κ1) is 21.5. The summed E-state index contributed by atoms with van der Waals surface area (Å²) in [6.07, 6.45) is 0. The predicted octanol–water partition coefficient (Wildman–Crippen LogP) is 5.56. The summed E-state index contributed by atoms with van der Waals surface area (Å²) in [5.74, 6) is 0.740. The quantitative estimate of drug-likeness (QED) is 0.362. The van der Waals surface area contributed by atoms with Gasteiger partial charge < -0.3 is 9.47 Å². The highest BCUT2D eigenvalue weighted by Crippen LogP contribution is 2.30. The molecule has 6 nitrogen and oxygen atoms in total. The number of carbonyl (C=O) groups is 1. The number of carbonyl (C=O) groups excluding carboxylic acids is 1. The van der Waals surface area contributed by atoms with E-state index in [1.54, 1.807) is 4.90 Å². The van der Waals surface area contributed by atoms with Crippen LogP contribution in [0.4, 0.5) is 5.69 Å². The molecule has 0 aliphatic heterocycles. The Kier molecular flexibility index (Phi) is 5.18. The van der Waals surface area contributed by atoms with Crippen molar-refractivity contribution in [2.45, 2.75) is 27.3 Å². The maximum Gasteiger partial charge on any atom is 0.224 e. The molecular weight excluding hydrogens is 422 g/mol. The lowest BCUT2D eigenvalue weighted by molar-refractivity contribution is -0.116. The van der Waals surface area contributed by atoms with Crippen molar-refractivity contribution in [3.8, 4) is 12.0 Å². The molecule has 0 radical (unpaired) electrons. The third-order valence-electron chi connectivity index (χ3n) is 6.42. The van der Waals surface area contributed by atoms with Crippen LogP contribution in [-0.4, -0.2) is 20.0 Å². The fraction of sp³-hybridized carbons (Fsp3) is 0.179. The number of fused-ring (bicyclic) bond motifs is 2. The lowest BCUT2D eigenvalue weighted by Crippen LogP contribution is -2.28. The molecule has 0 atom stereocenters. The van der Waals surface area contributed by atoms with Crippen LogP contribution in [0.5, 0.6) is 0 Å². The highest BCUT2D eigenvalue weighted by Gasteiger charge is 2.19. The van der Waals surface area contributed by atoms with E-state index in [4.69, 9.17) is 4.98 Å². The second-order valence-electron chi connectivity index (χ2n) is 8.64. The standard InChI is InChI=1S/C28H25N5O/c1-18-9-10-19(2)33(18)28-30-25-15-21(11-13-27(25)31(28)4)17-32(20(3)34)26-14-12-22-7-5-6-8-23(22)24(26)16-29/h5-15H,17H2,1-4H3. The zero-order chi connectivity index (χ0) is 24.0. The SMILES string of the molecule is CC(=O)N(Cc1ccc2c(c1)nc(-n1c(C)ccc1C)n2C)c1ccc2ccccc2c1C#N. The van der Waals surface area contributed by atoms with E-state index in [1.165, 1.54) is 6.92 Å². The number of hydrogen-bond donors (Lipinski definition) is 0. The van der Waals surface area contributed by atoms with Crippen LogP contribution < -0.4 is 4.90 Å². The van der Waals surface area contributed by atoms with Gasteiger partial charge in [-0.15, -0.1) is 0 Å². The van der Waals surface area contributed by atoms with Crippen molar-refractivity contribution in [3.05, 3.63) is 89.2 Å². The lowest BCUT2D eigenvalue weighted by atomic mass is 10.0. The summed E-state index contributed by atoms with van der Waals surface area (Å²) in [6, 6.07) is 24.1. The Morgan fingerprint density at radius 1 is 1.03 bits per heavy atom. The van der Waals surface area contributed by atoms with Gasteiger partial charge in [-0.25, -0.2) is 4.98 Å². The largest absolute Gasteiger partial charge is 0.313 e. The molecule has 0 N–H and O–H groups in total. The summed E-state index contributed by atoms with van der Waals surface area (Å²) in [4.78, 5) is 19.3. The van der Waals surface area contributed by atoms with Gasteiger partial charge in [-0.1, -0.05) is 36.4 Å². The molecule has 0 unspecified atom stereocenters. The molecule has 5 rings (SSSR count). The molecule has 0 saturated heterocycles. The summed E-state index contributed by atoms with van der Waals surface area (Å²) >= 11 is 0. The third-order valence-corrected chi connectivity index (χ3v) is 6.42. The van der Waals surface area contributed by atoms with Gasteiger partial charge >= 0.3 is 0 Å². The highest BCUT2D eigenvalue weighted by molar-refractivity contribution is 5.99. The first-order chi connectivity index (χ1) is 16.4. The number of benzene rings is 3. The number of aromatic nitrogens is 3. The summed E-state index contributed by atoms with van der Waals surface area (Å²) in [6.45, 7) is 6.02. The Bertz CT molecular complexity index is 1600. The van der Waals surface area contributed by atoms with Crippen LogP contribution in [-0.2, 0) is 18.4 Å². The van der Waals surface area contributed by atoms with Gasteiger partial charge in [0.05, 0.1) is 28.8 Å². The van der Waals surface area contributed by atoms with Gasteiger partial charge in [0, 0.05) is 30.7 Å². The maximum absolute atomic E-state index is 12.7. The molecule has 2 aromatic heterocycles. The number of aryl methyl sites for hydroxylation is 3. The van der Waals surface area contributed by atoms with Crippen molar-refractivity contribution in [1.29, 1.82) is 5.26 Å². The number of anilines is 1. The zero-order valence-corrected chi connectivity index (χ0v) is 19.7. The average molecular weight is 448 g/mol.